The molecule has 0 bridgehead atoms. The van der Waals surface area contributed by atoms with Crippen molar-refractivity contribution in [1.29, 1.82) is 0 Å². The third-order valence-electron chi connectivity index (χ3n) is 2.88. The van der Waals surface area contributed by atoms with E-state index in [1.807, 2.05) is 6.92 Å². The summed E-state index contributed by atoms with van der Waals surface area (Å²) in [5.74, 6) is -2.03. The molecule has 0 saturated carbocycles. The molecule has 0 aliphatic carbocycles. The van der Waals surface area contributed by atoms with E-state index in [0.29, 0.717) is 12.1 Å². The Morgan fingerprint density at radius 2 is 1.89 bits per heavy atom. The van der Waals surface area contributed by atoms with Crippen LogP contribution in [-0.4, -0.2) is 28.2 Å². The molecule has 5 heteroatoms. The third-order valence-corrected chi connectivity index (χ3v) is 2.88. The first-order valence-corrected chi connectivity index (χ1v) is 6.38. The maximum atomic E-state index is 11.2. The Hall–Kier alpha value is -2.04. The predicted octanol–water partition coefficient (Wildman–Crippen LogP) is 2.83. The molecule has 1 aromatic rings. The van der Waals surface area contributed by atoms with E-state index < -0.39 is 18.0 Å². The van der Waals surface area contributed by atoms with Crippen LogP contribution in [0.2, 0.25) is 0 Å². The Kier molecular flexibility index (Phi) is 5.85. The van der Waals surface area contributed by atoms with Gasteiger partial charge < -0.3 is 15.5 Å². The van der Waals surface area contributed by atoms with Crippen LogP contribution in [0.1, 0.15) is 43.0 Å². The van der Waals surface area contributed by atoms with Crippen LogP contribution in [0.3, 0.4) is 0 Å². The zero-order chi connectivity index (χ0) is 14.3. The predicted molar refractivity (Wildman–Crippen MR) is 72.6 cm³/mol. The third kappa shape index (κ3) is 4.62. The maximum absolute atomic E-state index is 11.2. The molecule has 0 radical (unpaired) electrons. The highest BCUT2D eigenvalue weighted by Crippen LogP contribution is 2.18. The van der Waals surface area contributed by atoms with Gasteiger partial charge in [-0.15, -0.1) is 0 Å². The van der Waals surface area contributed by atoms with Gasteiger partial charge in [-0.3, -0.25) is 0 Å². The lowest BCUT2D eigenvalue weighted by Crippen LogP contribution is -2.29. The summed E-state index contributed by atoms with van der Waals surface area (Å²) in [6.45, 7) is 2.04. The Morgan fingerprint density at radius 3 is 2.47 bits per heavy atom. The van der Waals surface area contributed by atoms with E-state index in [-0.39, 0.29) is 5.56 Å². The number of aliphatic carboxylic acids is 1. The van der Waals surface area contributed by atoms with E-state index in [9.17, 15) is 9.59 Å². The fourth-order valence-corrected chi connectivity index (χ4v) is 1.84. The highest BCUT2D eigenvalue weighted by molar-refractivity contribution is 5.95. The minimum absolute atomic E-state index is 0.0873. The van der Waals surface area contributed by atoms with Gasteiger partial charge >= 0.3 is 11.9 Å². The molecule has 1 rings (SSSR count). The van der Waals surface area contributed by atoms with Crippen LogP contribution >= 0.6 is 0 Å². The second-order valence-electron chi connectivity index (χ2n) is 4.38. The van der Waals surface area contributed by atoms with Crippen molar-refractivity contribution >= 4 is 17.6 Å². The number of nitrogens with one attached hydrogen (secondary N) is 1. The Balaban J connectivity index is 2.79. The molecule has 0 aromatic heterocycles. The summed E-state index contributed by atoms with van der Waals surface area (Å²) in [6, 6.07) is 5.57. The number of aromatic carboxylic acids is 1. The Labute approximate surface area is 112 Å². The van der Waals surface area contributed by atoms with Crippen molar-refractivity contribution in [2.75, 3.05) is 5.32 Å². The Bertz CT molecular complexity index is 445. The molecule has 1 aromatic carbocycles. The molecule has 3 N–H and O–H groups in total. The van der Waals surface area contributed by atoms with Gasteiger partial charge in [0.05, 0.1) is 5.56 Å². The lowest BCUT2D eigenvalue weighted by atomic mass is 10.1. The first kappa shape index (κ1) is 15.0. The molecule has 0 fully saturated rings. The lowest BCUT2D eigenvalue weighted by molar-refractivity contribution is -0.138. The van der Waals surface area contributed by atoms with Gasteiger partial charge in [0.15, 0.2) is 0 Å². The summed E-state index contributed by atoms with van der Waals surface area (Å²) in [5.41, 5.74) is 0.433. The van der Waals surface area contributed by atoms with Crippen LogP contribution in [0.5, 0.6) is 0 Å². The van der Waals surface area contributed by atoms with Crippen molar-refractivity contribution in [1.82, 2.24) is 0 Å². The smallest absolute Gasteiger partial charge is 0.337 e. The highest BCUT2D eigenvalue weighted by atomic mass is 16.4. The number of anilines is 1. The largest absolute Gasteiger partial charge is 0.480 e. The zero-order valence-electron chi connectivity index (χ0n) is 10.9. The second-order valence-corrected chi connectivity index (χ2v) is 4.38. The van der Waals surface area contributed by atoms with Crippen molar-refractivity contribution in [2.45, 2.75) is 38.6 Å². The first-order chi connectivity index (χ1) is 9.06. The topological polar surface area (TPSA) is 86.6 Å². The molecular formula is C14H19NO4. The van der Waals surface area contributed by atoms with Crippen LogP contribution < -0.4 is 5.32 Å². The maximum Gasteiger partial charge on any atom is 0.337 e. The molecule has 1 unspecified atom stereocenters. The highest BCUT2D eigenvalue weighted by Gasteiger charge is 2.19. The van der Waals surface area contributed by atoms with E-state index in [2.05, 4.69) is 5.32 Å². The molecule has 1 atom stereocenters. The summed E-state index contributed by atoms with van der Waals surface area (Å²) in [5, 5.41) is 21.0. The minimum Gasteiger partial charge on any atom is -0.480 e. The monoisotopic (exact) mass is 265 g/mol. The van der Waals surface area contributed by atoms with Gasteiger partial charge in [-0.2, -0.15) is 0 Å². The van der Waals surface area contributed by atoms with Crippen LogP contribution in [0, 0.1) is 0 Å². The molecule has 104 valence electrons. The standard InChI is InChI=1S/C14H19NO4/c1-2-3-4-9-12(14(18)19)15-11-8-6-5-7-10(11)13(16)17/h5-8,12,15H,2-4,9H2,1H3,(H,16,17)(H,18,19). The number of carbonyl (C=O) groups is 2. The van der Waals surface area contributed by atoms with Gasteiger partial charge in [0, 0.05) is 5.69 Å². The van der Waals surface area contributed by atoms with Crippen LogP contribution in [0.15, 0.2) is 24.3 Å². The van der Waals surface area contributed by atoms with Gasteiger partial charge in [-0.05, 0) is 18.6 Å². The quantitative estimate of drug-likeness (QED) is 0.629. The van der Waals surface area contributed by atoms with Crippen LogP contribution in [0.25, 0.3) is 0 Å². The number of carboxylic acids is 2. The van der Waals surface area contributed by atoms with E-state index in [1.54, 1.807) is 18.2 Å². The summed E-state index contributed by atoms with van der Waals surface area (Å²) in [6.07, 6.45) is 3.26. The van der Waals surface area contributed by atoms with E-state index in [1.165, 1.54) is 6.07 Å². The number of benzene rings is 1. The second kappa shape index (κ2) is 7.41. The van der Waals surface area contributed by atoms with Crippen molar-refractivity contribution in [2.24, 2.45) is 0 Å². The average Bonchev–Trinajstić information content (AvgIpc) is 2.38. The van der Waals surface area contributed by atoms with Gasteiger partial charge in [0.25, 0.3) is 0 Å². The van der Waals surface area contributed by atoms with Crippen molar-refractivity contribution in [3.8, 4) is 0 Å². The Morgan fingerprint density at radius 1 is 1.21 bits per heavy atom. The normalized spacial score (nSPS) is 11.8. The van der Waals surface area contributed by atoms with Gasteiger partial charge in [0.1, 0.15) is 6.04 Å². The fourth-order valence-electron chi connectivity index (χ4n) is 1.84. The van der Waals surface area contributed by atoms with E-state index in [0.717, 1.165) is 19.3 Å². The summed E-state index contributed by atoms with van der Waals surface area (Å²) in [7, 11) is 0. The number of hydrogen-bond acceptors (Lipinski definition) is 3. The minimum atomic E-state index is -1.07. The summed E-state index contributed by atoms with van der Waals surface area (Å²) >= 11 is 0. The average molecular weight is 265 g/mol. The number of rotatable bonds is 8. The molecule has 0 spiro atoms. The van der Waals surface area contributed by atoms with Crippen molar-refractivity contribution < 1.29 is 19.8 Å². The summed E-state index contributed by atoms with van der Waals surface area (Å²) < 4.78 is 0. The van der Waals surface area contributed by atoms with Crippen LogP contribution in [0.4, 0.5) is 5.69 Å². The first-order valence-electron chi connectivity index (χ1n) is 6.38. The number of carboxylic acid groups (broad SMARTS) is 2. The van der Waals surface area contributed by atoms with Crippen LogP contribution in [-0.2, 0) is 4.79 Å². The van der Waals surface area contributed by atoms with Gasteiger partial charge in [-0.1, -0.05) is 38.3 Å². The molecule has 5 nitrogen and oxygen atoms in total. The number of para-hydroxylation sites is 1. The lowest BCUT2D eigenvalue weighted by Gasteiger charge is -2.17. The van der Waals surface area contributed by atoms with E-state index >= 15 is 0 Å². The molecular weight excluding hydrogens is 246 g/mol. The van der Waals surface area contributed by atoms with E-state index in [4.69, 9.17) is 10.2 Å². The van der Waals surface area contributed by atoms with Gasteiger partial charge in [-0.25, -0.2) is 9.59 Å². The fraction of sp³-hybridized carbons (Fsp3) is 0.429. The molecule has 19 heavy (non-hydrogen) atoms. The summed E-state index contributed by atoms with van der Waals surface area (Å²) in [4.78, 5) is 22.2. The molecule has 0 saturated heterocycles. The molecule has 0 aliphatic heterocycles. The van der Waals surface area contributed by atoms with Gasteiger partial charge in [0.2, 0.25) is 0 Å². The molecule has 0 heterocycles. The number of hydrogen-bond donors (Lipinski definition) is 3. The van der Waals surface area contributed by atoms with Crippen molar-refractivity contribution in [3.05, 3.63) is 29.8 Å². The van der Waals surface area contributed by atoms with Crippen molar-refractivity contribution in [3.63, 3.8) is 0 Å². The zero-order valence-corrected chi connectivity index (χ0v) is 10.9. The molecule has 0 amide bonds. The SMILES string of the molecule is CCCCCC(Nc1ccccc1C(=O)O)C(=O)O. The molecule has 0 aliphatic rings. The number of unbranched alkanes of at least 4 members (excludes halogenated alkanes) is 2.